The van der Waals surface area contributed by atoms with E-state index >= 15 is 0 Å². The van der Waals surface area contributed by atoms with Crippen molar-refractivity contribution in [2.24, 2.45) is 0 Å². The van der Waals surface area contributed by atoms with Gasteiger partial charge in [0.1, 0.15) is 22.3 Å². The molecule has 0 N–H and O–H groups in total. The van der Waals surface area contributed by atoms with Gasteiger partial charge in [-0.1, -0.05) is 109 Å². The minimum atomic E-state index is 0.868. The first kappa shape index (κ1) is 35.6. The van der Waals surface area contributed by atoms with Gasteiger partial charge in [0.25, 0.3) is 0 Å². The number of nitrogens with zero attached hydrogens (tertiary/aromatic N) is 2. The lowest BCUT2D eigenvalue weighted by atomic mass is 9.97. The van der Waals surface area contributed by atoms with Crippen LogP contribution < -0.4 is 9.80 Å². The van der Waals surface area contributed by atoms with Crippen molar-refractivity contribution in [3.63, 3.8) is 0 Å². The number of rotatable bonds is 8. The van der Waals surface area contributed by atoms with Crippen LogP contribution in [0.15, 0.2) is 239 Å². The third kappa shape index (κ3) is 6.08. The van der Waals surface area contributed by atoms with Crippen LogP contribution in [0.3, 0.4) is 0 Å². The van der Waals surface area contributed by atoms with Crippen LogP contribution in [0.2, 0.25) is 0 Å². The third-order valence-electron chi connectivity index (χ3n) is 12.0. The second-order valence-corrected chi connectivity index (χ2v) is 15.7. The van der Waals surface area contributed by atoms with Crippen LogP contribution in [0.5, 0.6) is 0 Å². The van der Waals surface area contributed by atoms with Gasteiger partial charge >= 0.3 is 0 Å². The van der Waals surface area contributed by atoms with Gasteiger partial charge in [0.05, 0.1) is 0 Å². The Labute approximate surface area is 358 Å². The zero-order chi connectivity index (χ0) is 41.0. The van der Waals surface area contributed by atoms with Crippen molar-refractivity contribution in [2.45, 2.75) is 0 Å². The minimum absolute atomic E-state index is 0.868. The fourth-order valence-electron chi connectivity index (χ4n) is 9.12. The molecule has 10 aromatic carbocycles. The Balaban J connectivity index is 0.876. The summed E-state index contributed by atoms with van der Waals surface area (Å²) < 4.78 is 13.2. The van der Waals surface area contributed by atoms with Gasteiger partial charge in [0, 0.05) is 55.7 Å². The van der Waals surface area contributed by atoms with Crippen molar-refractivity contribution in [3.8, 4) is 22.3 Å². The minimum Gasteiger partial charge on any atom is -0.456 e. The summed E-state index contributed by atoms with van der Waals surface area (Å²) in [5.74, 6) is 0. The molecule has 62 heavy (non-hydrogen) atoms. The summed E-state index contributed by atoms with van der Waals surface area (Å²) in [4.78, 5) is 4.56. The van der Waals surface area contributed by atoms with Crippen LogP contribution >= 0.6 is 0 Å². The molecule has 0 aliphatic rings. The van der Waals surface area contributed by atoms with E-state index in [0.717, 1.165) is 111 Å². The molecule has 2 heterocycles. The number of hydrogen-bond donors (Lipinski definition) is 0. The van der Waals surface area contributed by atoms with E-state index in [9.17, 15) is 0 Å². The molecule has 0 saturated carbocycles. The van der Waals surface area contributed by atoms with E-state index in [1.165, 1.54) is 0 Å². The van der Waals surface area contributed by atoms with Gasteiger partial charge in [-0.15, -0.1) is 0 Å². The number of hydrogen-bond acceptors (Lipinski definition) is 4. The second-order valence-electron chi connectivity index (χ2n) is 15.7. The largest absolute Gasteiger partial charge is 0.456 e. The first-order valence-corrected chi connectivity index (χ1v) is 21.0. The smallest absolute Gasteiger partial charge is 0.136 e. The Morgan fingerprint density at radius 1 is 0.226 bits per heavy atom. The Morgan fingerprint density at radius 2 is 0.516 bits per heavy atom. The normalized spacial score (nSPS) is 11.5. The number of benzene rings is 10. The molecule has 12 rings (SSSR count). The lowest BCUT2D eigenvalue weighted by Gasteiger charge is -2.25. The molecule has 4 heteroatoms. The van der Waals surface area contributed by atoms with E-state index in [1.54, 1.807) is 0 Å². The molecular formula is C58H38N2O2. The highest BCUT2D eigenvalue weighted by Crippen LogP contribution is 2.43. The van der Waals surface area contributed by atoms with Gasteiger partial charge in [-0.05, 0) is 154 Å². The van der Waals surface area contributed by atoms with Crippen molar-refractivity contribution in [1.29, 1.82) is 0 Å². The summed E-state index contributed by atoms with van der Waals surface area (Å²) >= 11 is 0. The van der Waals surface area contributed by atoms with Crippen LogP contribution in [0.4, 0.5) is 34.1 Å². The summed E-state index contributed by atoms with van der Waals surface area (Å²) in [6, 6.07) is 81.3. The lowest BCUT2D eigenvalue weighted by molar-refractivity contribution is 0.668. The van der Waals surface area contributed by atoms with Gasteiger partial charge in [-0.25, -0.2) is 0 Å². The zero-order valence-electron chi connectivity index (χ0n) is 33.7. The number of fused-ring (bicyclic) bond motifs is 9. The third-order valence-corrected chi connectivity index (χ3v) is 12.0. The molecule has 0 radical (unpaired) electrons. The predicted molar refractivity (Wildman–Crippen MR) is 259 cm³/mol. The van der Waals surface area contributed by atoms with Crippen LogP contribution in [0.1, 0.15) is 0 Å². The lowest BCUT2D eigenvalue weighted by Crippen LogP contribution is -2.09. The highest BCUT2D eigenvalue weighted by Gasteiger charge is 2.18. The topological polar surface area (TPSA) is 32.8 Å². The van der Waals surface area contributed by atoms with Crippen LogP contribution in [-0.2, 0) is 0 Å². The Hall–Kier alpha value is -8.34. The quantitative estimate of drug-likeness (QED) is 0.153. The van der Waals surface area contributed by atoms with Crippen LogP contribution in [0.25, 0.3) is 76.9 Å². The average molecular weight is 795 g/mol. The molecule has 12 aromatic rings. The molecule has 292 valence electrons. The van der Waals surface area contributed by atoms with Gasteiger partial charge in [-0.2, -0.15) is 0 Å². The summed E-state index contributed by atoms with van der Waals surface area (Å²) in [7, 11) is 0. The summed E-state index contributed by atoms with van der Waals surface area (Å²) in [5, 5.41) is 6.73. The Morgan fingerprint density at radius 3 is 0.855 bits per heavy atom. The molecule has 0 aliphatic heterocycles. The highest BCUT2D eigenvalue weighted by molar-refractivity contribution is 6.27. The maximum absolute atomic E-state index is 6.58. The summed E-state index contributed by atoms with van der Waals surface area (Å²) in [6.45, 7) is 0. The monoisotopic (exact) mass is 794 g/mol. The fraction of sp³-hybridized carbons (Fsp3) is 0. The van der Waals surface area contributed by atoms with Crippen molar-refractivity contribution in [3.05, 3.63) is 231 Å². The van der Waals surface area contributed by atoms with E-state index in [2.05, 4.69) is 240 Å². The molecule has 4 nitrogen and oxygen atoms in total. The fourth-order valence-corrected chi connectivity index (χ4v) is 9.12. The predicted octanol–water partition coefficient (Wildman–Crippen LogP) is 16.9. The van der Waals surface area contributed by atoms with Crippen LogP contribution in [0, 0.1) is 0 Å². The molecule has 0 atom stereocenters. The van der Waals surface area contributed by atoms with Crippen molar-refractivity contribution in [1.82, 2.24) is 0 Å². The first-order valence-electron chi connectivity index (χ1n) is 21.0. The summed E-state index contributed by atoms with van der Waals surface area (Å²) in [5.41, 5.74) is 14.6. The molecule has 0 saturated heterocycles. The second kappa shape index (κ2) is 14.7. The number of anilines is 6. The number of para-hydroxylation sites is 4. The van der Waals surface area contributed by atoms with Crippen molar-refractivity contribution >= 4 is 88.8 Å². The molecule has 0 amide bonds. The van der Waals surface area contributed by atoms with Gasteiger partial charge in [0.15, 0.2) is 0 Å². The molecule has 0 unspecified atom stereocenters. The maximum atomic E-state index is 6.58. The van der Waals surface area contributed by atoms with Gasteiger partial charge < -0.3 is 18.6 Å². The molecular weight excluding hydrogens is 757 g/mol. The molecule has 0 aliphatic carbocycles. The van der Waals surface area contributed by atoms with E-state index < -0.39 is 0 Å². The van der Waals surface area contributed by atoms with E-state index in [-0.39, 0.29) is 0 Å². The zero-order valence-corrected chi connectivity index (χ0v) is 33.7. The Kier molecular flexibility index (Phi) is 8.46. The van der Waals surface area contributed by atoms with Crippen LogP contribution in [-0.4, -0.2) is 0 Å². The van der Waals surface area contributed by atoms with E-state index in [4.69, 9.17) is 8.83 Å². The standard InChI is InChI=1S/C58H38N2O2/c1-5-13-43(14-6-1)59(44-15-7-2-8-16-44)47-27-21-39(22-28-47)41-25-31-51-55(37-41)61-53-35-33-50-49(57(51)53)34-36-54-58(50)52-32-26-42(38-56(52)62-54)40-23-29-48(30-24-40)60(45-17-9-3-10-18-45)46-19-11-4-12-20-46/h1-38H. The van der Waals surface area contributed by atoms with Gasteiger partial charge in [-0.3, -0.25) is 0 Å². The highest BCUT2D eigenvalue weighted by atomic mass is 16.3. The van der Waals surface area contributed by atoms with E-state index in [0.29, 0.717) is 0 Å². The Bertz CT molecular complexity index is 3220. The first-order chi connectivity index (χ1) is 30.7. The van der Waals surface area contributed by atoms with E-state index in [1.807, 2.05) is 0 Å². The molecule has 2 aromatic heterocycles. The maximum Gasteiger partial charge on any atom is 0.136 e. The van der Waals surface area contributed by atoms with Crippen molar-refractivity contribution in [2.75, 3.05) is 9.80 Å². The SMILES string of the molecule is c1ccc(N(c2ccccc2)c2ccc(-c3ccc4c(c3)oc3ccc5c(ccc6oc7cc(-c8ccc(N(c9ccccc9)c9ccccc9)cc8)ccc7c65)c34)cc2)cc1. The molecule has 0 bridgehead atoms. The van der Waals surface area contributed by atoms with Crippen molar-refractivity contribution < 1.29 is 8.83 Å². The van der Waals surface area contributed by atoms with Gasteiger partial charge in [0.2, 0.25) is 0 Å². The number of furan rings is 2. The molecule has 0 spiro atoms. The summed E-state index contributed by atoms with van der Waals surface area (Å²) in [6.07, 6.45) is 0. The molecule has 0 fully saturated rings. The average Bonchev–Trinajstić information content (AvgIpc) is 3.92.